The van der Waals surface area contributed by atoms with Crippen molar-refractivity contribution in [3.63, 3.8) is 0 Å². The number of hydrogen-bond donors (Lipinski definition) is 1. The first-order chi connectivity index (χ1) is 9.28. The average Bonchev–Trinajstić information content (AvgIpc) is 2.43. The van der Waals surface area contributed by atoms with Gasteiger partial charge in [0.25, 0.3) is 0 Å². The van der Waals surface area contributed by atoms with Crippen LogP contribution in [0.1, 0.15) is 25.8 Å². The SMILES string of the molecule is COc1ccc(C(C)(C)C(=O)N(C)CCC(=O)O)cc1. The number of carboxylic acids is 1. The van der Waals surface area contributed by atoms with Crippen LogP contribution < -0.4 is 4.74 Å². The molecule has 0 heterocycles. The molecule has 1 aromatic carbocycles. The number of carboxylic acid groups (broad SMARTS) is 1. The van der Waals surface area contributed by atoms with Gasteiger partial charge in [0, 0.05) is 13.6 Å². The van der Waals surface area contributed by atoms with Gasteiger partial charge < -0.3 is 14.7 Å². The summed E-state index contributed by atoms with van der Waals surface area (Å²) in [7, 11) is 3.21. The van der Waals surface area contributed by atoms with Gasteiger partial charge in [-0.1, -0.05) is 12.1 Å². The van der Waals surface area contributed by atoms with Gasteiger partial charge in [0.05, 0.1) is 18.9 Å². The van der Waals surface area contributed by atoms with E-state index in [0.29, 0.717) is 0 Å². The first-order valence-electron chi connectivity index (χ1n) is 6.41. The normalized spacial score (nSPS) is 11.0. The second kappa shape index (κ2) is 6.41. The topological polar surface area (TPSA) is 66.8 Å². The Morgan fingerprint density at radius 2 is 1.80 bits per heavy atom. The van der Waals surface area contributed by atoms with E-state index in [0.717, 1.165) is 11.3 Å². The van der Waals surface area contributed by atoms with Gasteiger partial charge in [-0.2, -0.15) is 0 Å². The highest BCUT2D eigenvalue weighted by atomic mass is 16.5. The average molecular weight is 279 g/mol. The molecule has 0 aliphatic rings. The number of nitrogens with zero attached hydrogens (tertiary/aromatic N) is 1. The number of ether oxygens (including phenoxy) is 1. The third-order valence-electron chi connectivity index (χ3n) is 3.35. The zero-order chi connectivity index (χ0) is 15.3. The third kappa shape index (κ3) is 3.73. The van der Waals surface area contributed by atoms with Crippen LogP contribution in [-0.4, -0.2) is 42.6 Å². The second-order valence-corrected chi connectivity index (χ2v) is 5.22. The maximum absolute atomic E-state index is 12.4. The molecule has 110 valence electrons. The number of likely N-dealkylation sites (N-methyl/N-ethyl adjacent to an activating group) is 1. The van der Waals surface area contributed by atoms with Gasteiger partial charge in [0.2, 0.25) is 5.91 Å². The van der Waals surface area contributed by atoms with Crippen LogP contribution in [0, 0.1) is 0 Å². The monoisotopic (exact) mass is 279 g/mol. The standard InChI is InChI=1S/C15H21NO4/c1-15(2,11-5-7-12(20-4)8-6-11)14(19)16(3)10-9-13(17)18/h5-8H,9-10H2,1-4H3,(H,17,18). The smallest absolute Gasteiger partial charge is 0.305 e. The quantitative estimate of drug-likeness (QED) is 0.863. The van der Waals surface area contributed by atoms with Gasteiger partial charge in [-0.15, -0.1) is 0 Å². The maximum atomic E-state index is 12.4. The molecular formula is C15H21NO4. The van der Waals surface area contributed by atoms with E-state index in [1.54, 1.807) is 14.2 Å². The lowest BCUT2D eigenvalue weighted by Gasteiger charge is -2.29. The highest BCUT2D eigenvalue weighted by Gasteiger charge is 2.32. The lowest BCUT2D eigenvalue weighted by molar-refractivity contribution is -0.139. The van der Waals surface area contributed by atoms with Crippen LogP contribution in [0.3, 0.4) is 0 Å². The fourth-order valence-electron chi connectivity index (χ4n) is 1.97. The van der Waals surface area contributed by atoms with Gasteiger partial charge in [-0.05, 0) is 31.5 Å². The summed E-state index contributed by atoms with van der Waals surface area (Å²) in [6, 6.07) is 7.31. The largest absolute Gasteiger partial charge is 0.497 e. The van der Waals surface area contributed by atoms with Gasteiger partial charge in [-0.25, -0.2) is 0 Å². The molecule has 1 aromatic rings. The van der Waals surface area contributed by atoms with Crippen molar-refractivity contribution in [1.29, 1.82) is 0 Å². The summed E-state index contributed by atoms with van der Waals surface area (Å²) >= 11 is 0. The fourth-order valence-corrected chi connectivity index (χ4v) is 1.97. The number of amides is 1. The minimum Gasteiger partial charge on any atom is -0.497 e. The minimum atomic E-state index is -0.910. The first-order valence-corrected chi connectivity index (χ1v) is 6.41. The van der Waals surface area contributed by atoms with Crippen LogP contribution in [0.4, 0.5) is 0 Å². The summed E-state index contributed by atoms with van der Waals surface area (Å²) in [6.07, 6.45) is -0.0546. The van der Waals surface area contributed by atoms with Gasteiger partial charge in [-0.3, -0.25) is 9.59 Å². The van der Waals surface area contributed by atoms with Crippen molar-refractivity contribution in [2.45, 2.75) is 25.7 Å². The Bertz CT molecular complexity index is 479. The highest BCUT2D eigenvalue weighted by Crippen LogP contribution is 2.27. The summed E-state index contributed by atoms with van der Waals surface area (Å²) in [5, 5.41) is 8.67. The van der Waals surface area contributed by atoms with Crippen molar-refractivity contribution in [3.05, 3.63) is 29.8 Å². The third-order valence-corrected chi connectivity index (χ3v) is 3.35. The van der Waals surface area contributed by atoms with Crippen LogP contribution in [0.15, 0.2) is 24.3 Å². The number of rotatable bonds is 6. The number of benzene rings is 1. The van der Waals surface area contributed by atoms with E-state index < -0.39 is 11.4 Å². The summed E-state index contributed by atoms with van der Waals surface area (Å²) in [5.74, 6) is -0.285. The van der Waals surface area contributed by atoms with E-state index in [1.807, 2.05) is 38.1 Å². The van der Waals surface area contributed by atoms with Gasteiger partial charge >= 0.3 is 5.97 Å². The summed E-state index contributed by atoms with van der Waals surface area (Å²) in [5.41, 5.74) is 0.157. The number of hydrogen-bond acceptors (Lipinski definition) is 3. The van der Waals surface area contributed by atoms with Crippen molar-refractivity contribution in [2.24, 2.45) is 0 Å². The van der Waals surface area contributed by atoms with Crippen molar-refractivity contribution >= 4 is 11.9 Å². The van der Waals surface area contributed by atoms with Crippen LogP contribution in [-0.2, 0) is 15.0 Å². The Morgan fingerprint density at radius 1 is 1.25 bits per heavy atom. The fraction of sp³-hybridized carbons (Fsp3) is 0.467. The Balaban J connectivity index is 2.84. The van der Waals surface area contributed by atoms with E-state index >= 15 is 0 Å². The molecule has 0 aliphatic heterocycles. The van der Waals surface area contributed by atoms with Crippen LogP contribution in [0.5, 0.6) is 5.75 Å². The molecule has 0 unspecified atom stereocenters. The molecule has 1 rings (SSSR count). The molecule has 0 fully saturated rings. The predicted octanol–water partition coefficient (Wildman–Crippen LogP) is 1.91. The molecule has 1 N–H and O–H groups in total. The Labute approximate surface area is 119 Å². The summed E-state index contributed by atoms with van der Waals surface area (Å²) < 4.78 is 5.09. The van der Waals surface area contributed by atoms with E-state index in [2.05, 4.69) is 0 Å². The van der Waals surface area contributed by atoms with Crippen molar-refractivity contribution in [1.82, 2.24) is 4.90 Å². The van der Waals surface area contributed by atoms with Gasteiger partial charge in [0.15, 0.2) is 0 Å². The lowest BCUT2D eigenvalue weighted by Crippen LogP contribution is -2.42. The summed E-state index contributed by atoms with van der Waals surface area (Å²) in [4.78, 5) is 24.5. The Hall–Kier alpha value is -2.04. The first kappa shape index (κ1) is 16.0. The van der Waals surface area contributed by atoms with Gasteiger partial charge in [0.1, 0.15) is 5.75 Å². The zero-order valence-electron chi connectivity index (χ0n) is 12.3. The minimum absolute atomic E-state index is 0.0546. The predicted molar refractivity (Wildman–Crippen MR) is 75.9 cm³/mol. The molecule has 1 amide bonds. The van der Waals surface area contributed by atoms with Crippen LogP contribution in [0.2, 0.25) is 0 Å². The maximum Gasteiger partial charge on any atom is 0.305 e. The van der Waals surface area contributed by atoms with Crippen LogP contribution in [0.25, 0.3) is 0 Å². The van der Waals surface area contributed by atoms with Crippen molar-refractivity contribution in [2.75, 3.05) is 20.7 Å². The number of carbonyl (C=O) groups excluding carboxylic acids is 1. The highest BCUT2D eigenvalue weighted by molar-refractivity contribution is 5.87. The molecule has 0 saturated heterocycles. The second-order valence-electron chi connectivity index (χ2n) is 5.22. The number of methoxy groups -OCH3 is 1. The Morgan fingerprint density at radius 3 is 2.25 bits per heavy atom. The number of carbonyl (C=O) groups is 2. The molecule has 0 aliphatic carbocycles. The molecule has 0 spiro atoms. The van der Waals surface area contributed by atoms with Crippen molar-refractivity contribution < 1.29 is 19.4 Å². The molecule has 0 bridgehead atoms. The van der Waals surface area contributed by atoms with Crippen LogP contribution >= 0.6 is 0 Å². The van der Waals surface area contributed by atoms with E-state index in [4.69, 9.17) is 9.84 Å². The molecule has 5 nitrogen and oxygen atoms in total. The molecule has 0 atom stereocenters. The van der Waals surface area contributed by atoms with E-state index in [-0.39, 0.29) is 18.9 Å². The van der Waals surface area contributed by atoms with E-state index in [9.17, 15) is 9.59 Å². The molecule has 20 heavy (non-hydrogen) atoms. The number of aliphatic carboxylic acids is 1. The van der Waals surface area contributed by atoms with E-state index in [1.165, 1.54) is 4.90 Å². The Kier molecular flexibility index (Phi) is 5.13. The molecular weight excluding hydrogens is 258 g/mol. The lowest BCUT2D eigenvalue weighted by atomic mass is 9.83. The molecule has 0 aromatic heterocycles. The molecule has 0 saturated carbocycles. The molecule has 0 radical (unpaired) electrons. The summed E-state index contributed by atoms with van der Waals surface area (Å²) in [6.45, 7) is 3.86. The van der Waals surface area contributed by atoms with Crippen molar-refractivity contribution in [3.8, 4) is 5.75 Å². The zero-order valence-corrected chi connectivity index (χ0v) is 12.3. The molecule has 5 heteroatoms.